The van der Waals surface area contributed by atoms with Gasteiger partial charge in [-0.25, -0.2) is 0 Å². The molecule has 0 fully saturated rings. The van der Waals surface area contributed by atoms with Gasteiger partial charge in [-0.1, -0.05) is 11.6 Å². The molecule has 16 heavy (non-hydrogen) atoms. The third kappa shape index (κ3) is 5.16. The Hall–Kier alpha value is -1.03. The van der Waals surface area contributed by atoms with Crippen molar-refractivity contribution in [3.63, 3.8) is 0 Å². The van der Waals surface area contributed by atoms with Gasteiger partial charge in [0.2, 0.25) is 0 Å². The van der Waals surface area contributed by atoms with E-state index in [1.54, 1.807) is 19.7 Å². The van der Waals surface area contributed by atoms with Gasteiger partial charge in [0.05, 0.1) is 6.61 Å². The summed E-state index contributed by atoms with van der Waals surface area (Å²) >= 11 is 0. The molecule has 1 aliphatic carbocycles. The number of hydrogen-bond acceptors (Lipinski definition) is 2. The van der Waals surface area contributed by atoms with E-state index in [4.69, 9.17) is 4.74 Å². The summed E-state index contributed by atoms with van der Waals surface area (Å²) in [5.74, 6) is 0.857. The van der Waals surface area contributed by atoms with Gasteiger partial charge < -0.3 is 15.4 Å². The predicted octanol–water partition coefficient (Wildman–Crippen LogP) is 1.30. The van der Waals surface area contributed by atoms with Crippen molar-refractivity contribution in [2.24, 2.45) is 4.99 Å². The molecule has 0 atom stereocenters. The van der Waals surface area contributed by atoms with Crippen molar-refractivity contribution in [3.8, 4) is 0 Å². The zero-order chi connectivity index (χ0) is 11.6. The van der Waals surface area contributed by atoms with Crippen molar-refractivity contribution in [1.29, 1.82) is 0 Å². The maximum atomic E-state index is 4.97. The smallest absolute Gasteiger partial charge is 0.191 e. The van der Waals surface area contributed by atoms with E-state index in [0.717, 1.165) is 25.5 Å². The molecule has 2 N–H and O–H groups in total. The van der Waals surface area contributed by atoms with Crippen LogP contribution < -0.4 is 10.6 Å². The Morgan fingerprint density at radius 1 is 1.44 bits per heavy atom. The molecule has 1 aliphatic rings. The standard InChI is InChI=1S/C12H23N3O/c1-13-12(15-9-10-16-2)14-8-7-11-5-3-4-6-11/h5H,3-4,6-10H2,1-2H3,(H2,13,14,15). The Morgan fingerprint density at radius 2 is 2.25 bits per heavy atom. The average molecular weight is 225 g/mol. The van der Waals surface area contributed by atoms with E-state index in [1.165, 1.54) is 19.3 Å². The van der Waals surface area contributed by atoms with Crippen molar-refractivity contribution in [2.75, 3.05) is 33.9 Å². The minimum Gasteiger partial charge on any atom is -0.383 e. The van der Waals surface area contributed by atoms with Crippen molar-refractivity contribution in [1.82, 2.24) is 10.6 Å². The van der Waals surface area contributed by atoms with Gasteiger partial charge in [-0.05, 0) is 25.7 Å². The molecular formula is C12H23N3O. The summed E-state index contributed by atoms with van der Waals surface area (Å²) in [7, 11) is 3.49. The van der Waals surface area contributed by atoms with E-state index in [2.05, 4.69) is 21.7 Å². The van der Waals surface area contributed by atoms with Gasteiger partial charge >= 0.3 is 0 Å². The van der Waals surface area contributed by atoms with Crippen LogP contribution in [0.15, 0.2) is 16.6 Å². The highest BCUT2D eigenvalue weighted by Gasteiger charge is 2.04. The highest BCUT2D eigenvalue weighted by molar-refractivity contribution is 5.79. The highest BCUT2D eigenvalue weighted by atomic mass is 16.5. The number of methoxy groups -OCH3 is 1. The first-order valence-corrected chi connectivity index (χ1v) is 5.98. The van der Waals surface area contributed by atoms with Crippen LogP contribution in [-0.2, 0) is 4.74 Å². The topological polar surface area (TPSA) is 45.7 Å². The normalized spacial score (nSPS) is 16.1. The summed E-state index contributed by atoms with van der Waals surface area (Å²) in [6.45, 7) is 2.45. The Morgan fingerprint density at radius 3 is 2.88 bits per heavy atom. The molecule has 4 heteroatoms. The number of allylic oxidation sites excluding steroid dienone is 1. The van der Waals surface area contributed by atoms with E-state index in [-0.39, 0.29) is 0 Å². The number of ether oxygens (including phenoxy) is 1. The van der Waals surface area contributed by atoms with Crippen LogP contribution in [-0.4, -0.2) is 39.8 Å². The lowest BCUT2D eigenvalue weighted by Crippen LogP contribution is -2.39. The van der Waals surface area contributed by atoms with Crippen molar-refractivity contribution in [2.45, 2.75) is 25.7 Å². The first kappa shape index (κ1) is 13.0. The Labute approximate surface area is 98.2 Å². The minimum absolute atomic E-state index is 0.700. The van der Waals surface area contributed by atoms with Gasteiger partial charge in [-0.15, -0.1) is 0 Å². The number of guanidine groups is 1. The first-order valence-electron chi connectivity index (χ1n) is 5.98. The van der Waals surface area contributed by atoms with Crippen LogP contribution in [0.25, 0.3) is 0 Å². The van der Waals surface area contributed by atoms with Gasteiger partial charge in [0.25, 0.3) is 0 Å². The minimum atomic E-state index is 0.700. The SMILES string of the molecule is CN=C(NCCOC)NCCC1=CCCC1. The molecular weight excluding hydrogens is 202 g/mol. The quantitative estimate of drug-likeness (QED) is 0.310. The second-order valence-electron chi connectivity index (χ2n) is 3.92. The summed E-state index contributed by atoms with van der Waals surface area (Å²) < 4.78 is 4.97. The van der Waals surface area contributed by atoms with Gasteiger partial charge in [0.15, 0.2) is 5.96 Å². The van der Waals surface area contributed by atoms with E-state index in [0.29, 0.717) is 6.61 Å². The van der Waals surface area contributed by atoms with Gasteiger partial charge in [-0.2, -0.15) is 0 Å². The van der Waals surface area contributed by atoms with Crippen LogP contribution in [0.5, 0.6) is 0 Å². The molecule has 0 bridgehead atoms. The number of nitrogens with one attached hydrogen (secondary N) is 2. The molecule has 0 aliphatic heterocycles. The van der Waals surface area contributed by atoms with Crippen molar-refractivity contribution < 1.29 is 4.74 Å². The fourth-order valence-electron chi connectivity index (χ4n) is 1.80. The molecule has 0 saturated heterocycles. The van der Waals surface area contributed by atoms with Gasteiger partial charge in [0, 0.05) is 27.2 Å². The molecule has 0 radical (unpaired) electrons. The molecule has 0 aromatic carbocycles. The molecule has 0 amide bonds. The van der Waals surface area contributed by atoms with Crippen LogP contribution >= 0.6 is 0 Å². The molecule has 0 aromatic heterocycles. The molecule has 0 aromatic rings. The zero-order valence-electron chi connectivity index (χ0n) is 10.4. The number of hydrogen-bond donors (Lipinski definition) is 2. The molecule has 4 nitrogen and oxygen atoms in total. The van der Waals surface area contributed by atoms with Gasteiger partial charge in [0.1, 0.15) is 0 Å². The molecule has 92 valence electrons. The average Bonchev–Trinajstić information content (AvgIpc) is 2.80. The lowest BCUT2D eigenvalue weighted by atomic mass is 10.2. The van der Waals surface area contributed by atoms with E-state index in [9.17, 15) is 0 Å². The molecule has 1 rings (SSSR count). The molecule has 0 spiro atoms. The van der Waals surface area contributed by atoms with Crippen LogP contribution in [0.2, 0.25) is 0 Å². The first-order chi connectivity index (χ1) is 7.86. The number of nitrogens with zero attached hydrogens (tertiary/aromatic N) is 1. The monoisotopic (exact) mass is 225 g/mol. The van der Waals surface area contributed by atoms with E-state index >= 15 is 0 Å². The summed E-state index contributed by atoms with van der Waals surface area (Å²) in [6.07, 6.45) is 7.36. The summed E-state index contributed by atoms with van der Waals surface area (Å²) in [5, 5.41) is 6.49. The highest BCUT2D eigenvalue weighted by Crippen LogP contribution is 2.19. The third-order valence-electron chi connectivity index (χ3n) is 2.70. The summed E-state index contributed by atoms with van der Waals surface area (Å²) in [6, 6.07) is 0. The van der Waals surface area contributed by atoms with Crippen LogP contribution in [0.1, 0.15) is 25.7 Å². The maximum Gasteiger partial charge on any atom is 0.191 e. The second kappa shape index (κ2) is 8.16. The summed E-state index contributed by atoms with van der Waals surface area (Å²) in [5.41, 5.74) is 1.58. The molecule has 0 heterocycles. The molecule has 0 unspecified atom stereocenters. The molecule has 0 saturated carbocycles. The number of aliphatic imine (C=N–C) groups is 1. The van der Waals surface area contributed by atoms with Crippen LogP contribution in [0, 0.1) is 0 Å². The maximum absolute atomic E-state index is 4.97. The summed E-state index contributed by atoms with van der Waals surface area (Å²) in [4.78, 5) is 4.14. The van der Waals surface area contributed by atoms with E-state index in [1.807, 2.05) is 0 Å². The van der Waals surface area contributed by atoms with E-state index < -0.39 is 0 Å². The fourth-order valence-corrected chi connectivity index (χ4v) is 1.80. The van der Waals surface area contributed by atoms with Crippen molar-refractivity contribution in [3.05, 3.63) is 11.6 Å². The van der Waals surface area contributed by atoms with Crippen LogP contribution in [0.4, 0.5) is 0 Å². The predicted molar refractivity (Wildman–Crippen MR) is 67.8 cm³/mol. The Bertz CT molecular complexity index is 249. The van der Waals surface area contributed by atoms with Crippen LogP contribution in [0.3, 0.4) is 0 Å². The third-order valence-corrected chi connectivity index (χ3v) is 2.70. The fraction of sp³-hybridized carbons (Fsp3) is 0.750. The second-order valence-corrected chi connectivity index (χ2v) is 3.92. The largest absolute Gasteiger partial charge is 0.383 e. The Balaban J connectivity index is 2.09. The Kier molecular flexibility index (Phi) is 6.65. The van der Waals surface area contributed by atoms with Crippen molar-refractivity contribution >= 4 is 5.96 Å². The lowest BCUT2D eigenvalue weighted by molar-refractivity contribution is 0.203. The van der Waals surface area contributed by atoms with Gasteiger partial charge in [-0.3, -0.25) is 4.99 Å². The zero-order valence-corrected chi connectivity index (χ0v) is 10.4. The lowest BCUT2D eigenvalue weighted by Gasteiger charge is -2.11. The number of rotatable bonds is 6.